The number of hydrogen-bond donors (Lipinski definition) is 2. The first kappa shape index (κ1) is 29.3. The molecule has 2 unspecified atom stereocenters. The minimum atomic E-state index is -1.05. The van der Waals surface area contributed by atoms with Crippen LogP contribution in [0.3, 0.4) is 0 Å². The Morgan fingerprint density at radius 1 is 1.28 bits per heavy atom. The van der Waals surface area contributed by atoms with Gasteiger partial charge in [-0.25, -0.2) is 4.79 Å². The summed E-state index contributed by atoms with van der Waals surface area (Å²) >= 11 is 1.54. The van der Waals surface area contributed by atoms with Crippen molar-refractivity contribution >= 4 is 35.7 Å². The predicted octanol–water partition coefficient (Wildman–Crippen LogP) is 4.89. The van der Waals surface area contributed by atoms with E-state index in [1.807, 2.05) is 12.3 Å². The van der Waals surface area contributed by atoms with E-state index in [-0.39, 0.29) is 11.9 Å². The number of nitrogens with zero attached hydrogens (tertiary/aromatic N) is 1. The number of hydrogen-bond acceptors (Lipinski definition) is 5. The van der Waals surface area contributed by atoms with E-state index in [1.165, 1.54) is 0 Å². The Balaban J connectivity index is 2.39. The monoisotopic (exact) mass is 513 g/mol. The van der Waals surface area contributed by atoms with Crippen LogP contribution in [-0.4, -0.2) is 52.5 Å². The fourth-order valence-electron chi connectivity index (χ4n) is 4.18. The molecule has 1 saturated carbocycles. The van der Waals surface area contributed by atoms with E-state index in [9.17, 15) is 14.4 Å². The zero-order valence-corrected chi connectivity index (χ0v) is 22.7. The van der Waals surface area contributed by atoms with Gasteiger partial charge in [0, 0.05) is 12.1 Å². The second kappa shape index (κ2) is 14.0. The maximum atomic E-state index is 13.8. The van der Waals surface area contributed by atoms with Crippen LogP contribution in [0.15, 0.2) is 30.8 Å². The lowest BCUT2D eigenvalue weighted by Crippen LogP contribution is -2.52. The smallest absolute Gasteiger partial charge is 0.408 e. The molecule has 2 rings (SSSR count). The normalized spacial score (nSPS) is 15.6. The summed E-state index contributed by atoms with van der Waals surface area (Å²) in [5, 5.41) is 5.77. The highest BCUT2D eigenvalue weighted by Gasteiger charge is 2.36. The van der Waals surface area contributed by atoms with Crippen molar-refractivity contribution in [2.24, 2.45) is 0 Å². The van der Waals surface area contributed by atoms with E-state index < -0.39 is 29.7 Å². The molecule has 1 aliphatic carbocycles. The molecule has 8 heteroatoms. The first-order chi connectivity index (χ1) is 17.1. The minimum absolute atomic E-state index is 0.0400. The summed E-state index contributed by atoms with van der Waals surface area (Å²) in [7, 11) is 0. The number of terminal acetylenes is 1. The SMILES string of the molecule is C#CN(C(=O)C(CCSC)NC(=O)OC(C)(C)C)C(C(=O)NC1CCCCC1)c1cccc(C=C)c1. The highest BCUT2D eigenvalue weighted by atomic mass is 32.2. The molecule has 36 heavy (non-hydrogen) atoms. The number of ether oxygens (including phenoxy) is 1. The van der Waals surface area contributed by atoms with Gasteiger partial charge >= 0.3 is 6.09 Å². The van der Waals surface area contributed by atoms with E-state index in [0.717, 1.165) is 42.6 Å². The summed E-state index contributed by atoms with van der Waals surface area (Å²) in [5.74, 6) is -0.268. The quantitative estimate of drug-likeness (QED) is 0.344. The summed E-state index contributed by atoms with van der Waals surface area (Å²) < 4.78 is 5.37. The van der Waals surface area contributed by atoms with Gasteiger partial charge in [-0.3, -0.25) is 14.5 Å². The molecular weight excluding hydrogens is 474 g/mol. The largest absolute Gasteiger partial charge is 0.444 e. The maximum absolute atomic E-state index is 13.8. The van der Waals surface area contributed by atoms with Crippen LogP contribution in [-0.2, 0) is 14.3 Å². The topological polar surface area (TPSA) is 87.7 Å². The number of nitrogens with one attached hydrogen (secondary N) is 2. The summed E-state index contributed by atoms with van der Waals surface area (Å²) in [6, 6.07) is 7.70. The summed E-state index contributed by atoms with van der Waals surface area (Å²) in [5.41, 5.74) is 0.655. The first-order valence-corrected chi connectivity index (χ1v) is 13.8. The third-order valence-electron chi connectivity index (χ3n) is 5.90. The van der Waals surface area contributed by atoms with Crippen LogP contribution in [0.2, 0.25) is 0 Å². The first-order valence-electron chi connectivity index (χ1n) is 12.4. The van der Waals surface area contributed by atoms with Crippen molar-refractivity contribution in [2.45, 2.75) is 83.0 Å². The molecule has 2 N–H and O–H groups in total. The fourth-order valence-corrected chi connectivity index (χ4v) is 4.65. The molecule has 0 aliphatic heterocycles. The van der Waals surface area contributed by atoms with E-state index in [1.54, 1.807) is 56.8 Å². The van der Waals surface area contributed by atoms with E-state index in [4.69, 9.17) is 11.2 Å². The Morgan fingerprint density at radius 3 is 2.56 bits per heavy atom. The lowest BCUT2D eigenvalue weighted by molar-refractivity contribution is -0.139. The van der Waals surface area contributed by atoms with Gasteiger partial charge in [-0.2, -0.15) is 11.8 Å². The van der Waals surface area contributed by atoms with Crippen molar-refractivity contribution in [3.05, 3.63) is 42.0 Å². The van der Waals surface area contributed by atoms with Crippen molar-refractivity contribution in [3.8, 4) is 12.5 Å². The number of carbonyl (C=O) groups excluding carboxylic acids is 3. The fraction of sp³-hybridized carbons (Fsp3) is 0.536. The second-order valence-corrected chi connectivity index (χ2v) is 10.9. The number of rotatable bonds is 10. The molecule has 0 heterocycles. The molecule has 0 radical (unpaired) electrons. The molecule has 1 fully saturated rings. The summed E-state index contributed by atoms with van der Waals surface area (Å²) in [6.45, 7) is 9.05. The Morgan fingerprint density at radius 2 is 1.97 bits per heavy atom. The molecular formula is C28H39N3O4S. The van der Waals surface area contributed by atoms with Gasteiger partial charge in [0.05, 0.1) is 0 Å². The molecule has 0 aromatic heterocycles. The maximum Gasteiger partial charge on any atom is 0.408 e. The van der Waals surface area contributed by atoms with E-state index in [0.29, 0.717) is 17.7 Å². The van der Waals surface area contributed by atoms with Gasteiger partial charge in [0.2, 0.25) is 5.91 Å². The van der Waals surface area contributed by atoms with Gasteiger partial charge < -0.3 is 15.4 Å². The molecule has 0 spiro atoms. The van der Waals surface area contributed by atoms with Crippen LogP contribution >= 0.6 is 11.8 Å². The van der Waals surface area contributed by atoms with Crippen molar-refractivity contribution < 1.29 is 19.1 Å². The number of benzene rings is 1. The number of alkyl carbamates (subject to hydrolysis) is 1. The van der Waals surface area contributed by atoms with Crippen molar-refractivity contribution in [1.82, 2.24) is 15.5 Å². The molecule has 7 nitrogen and oxygen atoms in total. The second-order valence-electron chi connectivity index (χ2n) is 9.94. The average Bonchev–Trinajstić information content (AvgIpc) is 2.84. The summed E-state index contributed by atoms with van der Waals surface area (Å²) in [6.07, 6.45) is 14.1. The van der Waals surface area contributed by atoms with Crippen LogP contribution in [0.25, 0.3) is 6.08 Å². The zero-order valence-electron chi connectivity index (χ0n) is 21.8. The predicted molar refractivity (Wildman–Crippen MR) is 146 cm³/mol. The molecule has 3 amide bonds. The van der Waals surface area contributed by atoms with Gasteiger partial charge in [-0.15, -0.1) is 0 Å². The lowest BCUT2D eigenvalue weighted by Gasteiger charge is -2.32. The molecule has 1 aliphatic rings. The minimum Gasteiger partial charge on any atom is -0.444 e. The average molecular weight is 514 g/mol. The van der Waals surface area contributed by atoms with Crippen molar-refractivity contribution in [3.63, 3.8) is 0 Å². The zero-order chi connectivity index (χ0) is 26.7. The van der Waals surface area contributed by atoms with Crippen molar-refractivity contribution in [1.29, 1.82) is 0 Å². The third-order valence-corrected chi connectivity index (χ3v) is 6.54. The van der Waals surface area contributed by atoms with Crippen LogP contribution in [0, 0.1) is 12.5 Å². The van der Waals surface area contributed by atoms with Crippen molar-refractivity contribution in [2.75, 3.05) is 12.0 Å². The third kappa shape index (κ3) is 8.94. The number of amides is 3. The lowest BCUT2D eigenvalue weighted by atomic mass is 9.94. The molecule has 0 saturated heterocycles. The molecule has 1 aromatic carbocycles. The number of thioether (sulfide) groups is 1. The van der Waals surface area contributed by atoms with Gasteiger partial charge in [-0.1, -0.05) is 56.5 Å². The highest BCUT2D eigenvalue weighted by Crippen LogP contribution is 2.26. The standard InChI is InChI=1S/C28H39N3O4S/c1-7-20-13-12-14-21(19-20)24(25(32)29-22-15-10-9-11-16-22)31(8-2)26(33)23(17-18-36-6)30-27(34)35-28(3,4)5/h2,7,12-14,19,22-24H,1,9-11,15-18H2,3-6H3,(H,29,32)(H,30,34). The number of carbonyl (C=O) groups is 3. The Bertz CT molecular complexity index is 960. The molecule has 0 bridgehead atoms. The molecule has 196 valence electrons. The summed E-state index contributed by atoms with van der Waals surface area (Å²) in [4.78, 5) is 41.0. The highest BCUT2D eigenvalue weighted by molar-refractivity contribution is 7.98. The Kier molecular flexibility index (Phi) is 11.4. The van der Waals surface area contributed by atoms with Gasteiger partial charge in [0.25, 0.3) is 5.91 Å². The molecule has 2 atom stereocenters. The van der Waals surface area contributed by atoms with Crippen LogP contribution in [0.4, 0.5) is 4.79 Å². The van der Waals surface area contributed by atoms with Crippen LogP contribution < -0.4 is 10.6 Å². The van der Waals surface area contributed by atoms with E-state index in [2.05, 4.69) is 23.3 Å². The Hall–Kier alpha value is -2.92. The van der Waals surface area contributed by atoms with Crippen LogP contribution in [0.1, 0.15) is 76.5 Å². The van der Waals surface area contributed by atoms with E-state index >= 15 is 0 Å². The molecule has 1 aromatic rings. The van der Waals surface area contributed by atoms with Gasteiger partial charge in [-0.05, 0) is 69.2 Å². The van der Waals surface area contributed by atoms with Gasteiger partial charge in [0.1, 0.15) is 17.7 Å². The Labute approximate surface area is 219 Å². The van der Waals surface area contributed by atoms with Crippen LogP contribution in [0.5, 0.6) is 0 Å². The van der Waals surface area contributed by atoms with Gasteiger partial charge in [0.15, 0.2) is 0 Å².